The molecule has 0 saturated carbocycles. The average molecular weight is 350 g/mol. The van der Waals surface area contributed by atoms with Gasteiger partial charge in [-0.15, -0.1) is 0 Å². The van der Waals surface area contributed by atoms with Crippen LogP contribution in [0.5, 0.6) is 0 Å². The van der Waals surface area contributed by atoms with Crippen LogP contribution >= 0.6 is 0 Å². The number of hydrogen-bond acceptors (Lipinski definition) is 6. The van der Waals surface area contributed by atoms with E-state index < -0.39 is 10.0 Å². The number of nitrogens with one attached hydrogen (secondary N) is 1. The van der Waals surface area contributed by atoms with E-state index in [2.05, 4.69) is 20.4 Å². The van der Waals surface area contributed by atoms with Crippen LogP contribution in [0.1, 0.15) is 24.2 Å². The van der Waals surface area contributed by atoms with Gasteiger partial charge in [-0.05, 0) is 32.8 Å². The Labute approximate surface area is 142 Å². The Morgan fingerprint density at radius 1 is 1.25 bits per heavy atom. The number of aromatic nitrogens is 4. The van der Waals surface area contributed by atoms with Crippen molar-refractivity contribution in [3.8, 4) is 0 Å². The number of piperidine rings is 1. The number of anilines is 1. The summed E-state index contributed by atoms with van der Waals surface area (Å²) in [5.41, 5.74) is 1.23. The van der Waals surface area contributed by atoms with Crippen molar-refractivity contribution in [3.05, 3.63) is 30.0 Å². The Morgan fingerprint density at radius 2 is 1.96 bits per heavy atom. The Balaban J connectivity index is 1.70. The first-order valence-electron chi connectivity index (χ1n) is 7.92. The molecule has 2 aromatic rings. The summed E-state index contributed by atoms with van der Waals surface area (Å²) in [5.74, 6) is 0.769. The third kappa shape index (κ3) is 3.13. The van der Waals surface area contributed by atoms with E-state index in [9.17, 15) is 8.42 Å². The van der Waals surface area contributed by atoms with E-state index in [4.69, 9.17) is 0 Å². The lowest BCUT2D eigenvalue weighted by atomic mass is 10.1. The van der Waals surface area contributed by atoms with Crippen molar-refractivity contribution in [2.75, 3.05) is 18.4 Å². The van der Waals surface area contributed by atoms with Gasteiger partial charge in [0.1, 0.15) is 17.0 Å². The second kappa shape index (κ2) is 6.48. The molecule has 0 radical (unpaired) electrons. The van der Waals surface area contributed by atoms with Gasteiger partial charge in [0.15, 0.2) is 0 Å². The molecule has 1 fully saturated rings. The van der Waals surface area contributed by atoms with Gasteiger partial charge in [0.05, 0.1) is 11.4 Å². The maximum Gasteiger partial charge on any atom is 0.246 e. The molecule has 0 aliphatic carbocycles. The van der Waals surface area contributed by atoms with Gasteiger partial charge in [-0.1, -0.05) is 0 Å². The largest absolute Gasteiger partial charge is 0.367 e. The van der Waals surface area contributed by atoms with Gasteiger partial charge in [0.25, 0.3) is 0 Å². The van der Waals surface area contributed by atoms with Crippen molar-refractivity contribution >= 4 is 15.8 Å². The van der Waals surface area contributed by atoms with Crippen LogP contribution in [0.2, 0.25) is 0 Å². The first-order chi connectivity index (χ1) is 11.4. The highest BCUT2D eigenvalue weighted by atomic mass is 32.2. The molecular weight excluding hydrogens is 328 g/mol. The lowest BCUT2D eigenvalue weighted by molar-refractivity contribution is 0.329. The number of sulfonamides is 1. The molecule has 0 spiro atoms. The summed E-state index contributed by atoms with van der Waals surface area (Å²) in [6.45, 7) is 4.50. The molecule has 0 unspecified atom stereocenters. The zero-order valence-corrected chi connectivity index (χ0v) is 14.9. The summed E-state index contributed by atoms with van der Waals surface area (Å²) in [7, 11) is -1.74. The van der Waals surface area contributed by atoms with Crippen LogP contribution < -0.4 is 5.32 Å². The zero-order chi connectivity index (χ0) is 17.3. The van der Waals surface area contributed by atoms with Crippen LogP contribution in [-0.4, -0.2) is 51.6 Å². The van der Waals surface area contributed by atoms with Crippen LogP contribution in [0.3, 0.4) is 0 Å². The van der Waals surface area contributed by atoms with E-state index in [1.54, 1.807) is 36.1 Å². The molecule has 1 aliphatic heterocycles. The highest BCUT2D eigenvalue weighted by molar-refractivity contribution is 7.89. The van der Waals surface area contributed by atoms with E-state index in [0.29, 0.717) is 29.4 Å². The van der Waals surface area contributed by atoms with Gasteiger partial charge in [-0.3, -0.25) is 4.68 Å². The number of hydrogen-bond donors (Lipinski definition) is 1. The van der Waals surface area contributed by atoms with Gasteiger partial charge < -0.3 is 5.32 Å². The highest BCUT2D eigenvalue weighted by Gasteiger charge is 2.33. The molecular formula is C15H22N6O2S. The lowest BCUT2D eigenvalue weighted by Gasteiger charge is -2.31. The minimum atomic E-state index is -3.50. The molecule has 24 heavy (non-hydrogen) atoms. The summed E-state index contributed by atoms with van der Waals surface area (Å²) in [4.78, 5) is 8.38. The Morgan fingerprint density at radius 3 is 2.50 bits per heavy atom. The predicted molar refractivity (Wildman–Crippen MR) is 90.1 cm³/mol. The molecule has 3 rings (SSSR count). The fourth-order valence-corrected chi connectivity index (χ4v) is 4.95. The summed E-state index contributed by atoms with van der Waals surface area (Å²) >= 11 is 0. The van der Waals surface area contributed by atoms with E-state index in [1.807, 2.05) is 6.07 Å². The second-order valence-corrected chi connectivity index (χ2v) is 7.92. The molecule has 1 aliphatic rings. The van der Waals surface area contributed by atoms with Crippen LogP contribution in [0.15, 0.2) is 23.5 Å². The summed E-state index contributed by atoms with van der Waals surface area (Å²) < 4.78 is 29.1. The lowest BCUT2D eigenvalue weighted by Crippen LogP contribution is -2.42. The first kappa shape index (κ1) is 16.8. The Hall–Kier alpha value is -2.00. The third-order valence-corrected chi connectivity index (χ3v) is 6.58. The molecule has 3 heterocycles. The van der Waals surface area contributed by atoms with Crippen LogP contribution in [0.4, 0.5) is 5.82 Å². The third-order valence-electron chi connectivity index (χ3n) is 4.43. The minimum absolute atomic E-state index is 0.211. The van der Waals surface area contributed by atoms with Crippen molar-refractivity contribution in [1.82, 2.24) is 24.1 Å². The van der Waals surface area contributed by atoms with Gasteiger partial charge in [0, 0.05) is 32.4 Å². The van der Waals surface area contributed by atoms with Gasteiger partial charge in [-0.25, -0.2) is 18.4 Å². The van der Waals surface area contributed by atoms with E-state index >= 15 is 0 Å². The molecule has 0 aromatic carbocycles. The molecule has 1 saturated heterocycles. The topological polar surface area (TPSA) is 93.0 Å². The van der Waals surface area contributed by atoms with E-state index in [1.165, 1.54) is 6.33 Å². The molecule has 0 amide bonds. The smallest absolute Gasteiger partial charge is 0.246 e. The standard InChI is InChI=1S/C15H22N6O2S/c1-11-15(12(2)20(3)19-11)24(22,23)21-8-5-13(6-9-21)18-14-4-7-16-10-17-14/h4,7,10,13H,5-6,8-9H2,1-3H3,(H,16,17,18). The maximum atomic E-state index is 12.9. The number of aryl methyl sites for hydroxylation is 2. The SMILES string of the molecule is Cc1nn(C)c(C)c1S(=O)(=O)N1CCC(Nc2ccncn2)CC1. The normalized spacial score (nSPS) is 17.1. The fraction of sp³-hybridized carbons (Fsp3) is 0.533. The van der Waals surface area contributed by atoms with Crippen molar-refractivity contribution in [1.29, 1.82) is 0 Å². The Kier molecular flexibility index (Phi) is 4.55. The summed E-state index contributed by atoms with van der Waals surface area (Å²) in [5, 5.41) is 7.56. The molecule has 130 valence electrons. The van der Waals surface area contributed by atoms with Crippen LogP contribution in [0, 0.1) is 13.8 Å². The summed E-state index contributed by atoms with van der Waals surface area (Å²) in [6, 6.07) is 2.02. The monoisotopic (exact) mass is 350 g/mol. The minimum Gasteiger partial charge on any atom is -0.367 e. The molecule has 2 aromatic heterocycles. The summed E-state index contributed by atoms with van der Waals surface area (Å²) in [6.07, 6.45) is 4.65. The molecule has 0 bridgehead atoms. The van der Waals surface area contributed by atoms with Crippen LogP contribution in [-0.2, 0) is 17.1 Å². The molecule has 0 atom stereocenters. The second-order valence-electron chi connectivity index (χ2n) is 6.04. The average Bonchev–Trinajstić information content (AvgIpc) is 2.82. The van der Waals surface area contributed by atoms with Gasteiger partial charge >= 0.3 is 0 Å². The molecule has 9 heteroatoms. The Bertz CT molecular complexity index is 810. The molecule has 8 nitrogen and oxygen atoms in total. The van der Waals surface area contributed by atoms with Crippen molar-refractivity contribution in [3.63, 3.8) is 0 Å². The zero-order valence-electron chi connectivity index (χ0n) is 14.1. The van der Waals surface area contributed by atoms with Gasteiger partial charge in [0.2, 0.25) is 10.0 Å². The fourth-order valence-electron chi connectivity index (χ4n) is 3.08. The molecule has 1 N–H and O–H groups in total. The number of nitrogens with zero attached hydrogens (tertiary/aromatic N) is 5. The maximum absolute atomic E-state index is 12.9. The van der Waals surface area contributed by atoms with Crippen molar-refractivity contribution < 1.29 is 8.42 Å². The highest BCUT2D eigenvalue weighted by Crippen LogP contribution is 2.26. The van der Waals surface area contributed by atoms with E-state index in [0.717, 1.165) is 18.7 Å². The predicted octanol–water partition coefficient (Wildman–Crippen LogP) is 1.09. The van der Waals surface area contributed by atoms with Crippen molar-refractivity contribution in [2.45, 2.75) is 37.6 Å². The quantitative estimate of drug-likeness (QED) is 0.887. The van der Waals surface area contributed by atoms with Gasteiger partial charge in [-0.2, -0.15) is 9.40 Å². The number of rotatable bonds is 4. The van der Waals surface area contributed by atoms with Crippen molar-refractivity contribution in [2.24, 2.45) is 7.05 Å². The van der Waals surface area contributed by atoms with E-state index in [-0.39, 0.29) is 6.04 Å². The van der Waals surface area contributed by atoms with Crippen LogP contribution in [0.25, 0.3) is 0 Å². The first-order valence-corrected chi connectivity index (χ1v) is 9.36.